The largest absolute Gasteiger partial charge is 0.464 e. The van der Waals surface area contributed by atoms with E-state index in [-0.39, 0.29) is 4.90 Å². The quantitative estimate of drug-likeness (QED) is 0.639. The van der Waals surface area contributed by atoms with Crippen LogP contribution in [-0.4, -0.2) is 60.8 Å². The Morgan fingerprint density at radius 1 is 1.38 bits per heavy atom. The molecule has 0 fully saturated rings. The minimum absolute atomic E-state index is 0.201. The maximum Gasteiger partial charge on any atom is 0.244 e. The van der Waals surface area contributed by atoms with Crippen molar-refractivity contribution in [3.8, 4) is 0 Å². The Morgan fingerprint density at radius 2 is 2.10 bits per heavy atom. The van der Waals surface area contributed by atoms with Gasteiger partial charge in [0.25, 0.3) is 0 Å². The average molecular weight is 319 g/mol. The lowest BCUT2D eigenvalue weighted by atomic mass is 10.4. The van der Waals surface area contributed by atoms with Crippen LogP contribution in [-0.2, 0) is 21.3 Å². The van der Waals surface area contributed by atoms with Crippen molar-refractivity contribution < 1.29 is 17.6 Å². The van der Waals surface area contributed by atoms with Gasteiger partial charge in [-0.15, -0.1) is 0 Å². The van der Waals surface area contributed by atoms with E-state index in [0.29, 0.717) is 37.8 Å². The number of rotatable bonds is 10. The molecule has 2 N–H and O–H groups in total. The van der Waals surface area contributed by atoms with E-state index < -0.39 is 10.0 Å². The zero-order valence-corrected chi connectivity index (χ0v) is 13.9. The van der Waals surface area contributed by atoms with Gasteiger partial charge >= 0.3 is 0 Å². The van der Waals surface area contributed by atoms with E-state index in [1.807, 2.05) is 11.9 Å². The van der Waals surface area contributed by atoms with Crippen LogP contribution in [0.2, 0.25) is 0 Å². The van der Waals surface area contributed by atoms with Crippen molar-refractivity contribution >= 4 is 10.0 Å². The fourth-order valence-corrected chi connectivity index (χ4v) is 3.08. The number of nitrogens with one attached hydrogen (secondary N) is 2. The summed E-state index contributed by atoms with van der Waals surface area (Å²) >= 11 is 0. The number of hydrogen-bond acceptors (Lipinski definition) is 6. The number of ether oxygens (including phenoxy) is 1. The summed E-state index contributed by atoms with van der Waals surface area (Å²) in [6.07, 6.45) is 0. The zero-order valence-electron chi connectivity index (χ0n) is 13.1. The lowest BCUT2D eigenvalue weighted by molar-refractivity contribution is 0.162. The number of nitrogens with zero attached hydrogens (tertiary/aromatic N) is 1. The SMILES string of the molecule is CNCc1cc(S(=O)(=O)NCCN(C)CCOC)c(C)o1. The highest BCUT2D eigenvalue weighted by molar-refractivity contribution is 7.89. The molecule has 1 heterocycles. The van der Waals surface area contributed by atoms with Gasteiger partial charge in [0.05, 0.1) is 13.2 Å². The van der Waals surface area contributed by atoms with Gasteiger partial charge in [0.15, 0.2) is 0 Å². The first kappa shape index (κ1) is 18.1. The predicted molar refractivity (Wildman–Crippen MR) is 80.8 cm³/mol. The number of furan rings is 1. The van der Waals surface area contributed by atoms with Gasteiger partial charge in [0, 0.05) is 32.8 Å². The Kier molecular flexibility index (Phi) is 7.33. The van der Waals surface area contributed by atoms with Crippen LogP contribution in [0.3, 0.4) is 0 Å². The van der Waals surface area contributed by atoms with Crippen molar-refractivity contribution in [3.05, 3.63) is 17.6 Å². The molecule has 0 saturated heterocycles. The molecule has 0 saturated carbocycles. The summed E-state index contributed by atoms with van der Waals surface area (Å²) in [6, 6.07) is 1.56. The topological polar surface area (TPSA) is 83.8 Å². The minimum atomic E-state index is -3.53. The summed E-state index contributed by atoms with van der Waals surface area (Å²) in [5.74, 6) is 1.01. The molecule has 0 aliphatic rings. The first-order valence-electron chi connectivity index (χ1n) is 6.81. The molecule has 0 amide bonds. The van der Waals surface area contributed by atoms with Crippen LogP contribution >= 0.6 is 0 Å². The average Bonchev–Trinajstić information content (AvgIpc) is 2.78. The third kappa shape index (κ3) is 5.76. The summed E-state index contributed by atoms with van der Waals surface area (Å²) in [6.45, 7) is 4.48. The maximum atomic E-state index is 12.2. The molecule has 8 heteroatoms. The van der Waals surface area contributed by atoms with E-state index in [0.717, 1.165) is 6.54 Å². The third-order valence-electron chi connectivity index (χ3n) is 3.03. The number of methoxy groups -OCH3 is 1. The normalized spacial score (nSPS) is 12.2. The van der Waals surface area contributed by atoms with Crippen molar-refractivity contribution in [3.63, 3.8) is 0 Å². The van der Waals surface area contributed by atoms with E-state index in [4.69, 9.17) is 9.15 Å². The van der Waals surface area contributed by atoms with Crippen LogP contribution in [0.25, 0.3) is 0 Å². The van der Waals surface area contributed by atoms with Gasteiger partial charge in [-0.1, -0.05) is 0 Å². The zero-order chi connectivity index (χ0) is 15.9. The standard InChI is InChI=1S/C13H25N3O4S/c1-11-13(9-12(20-11)10-14-2)21(17,18)15-5-6-16(3)7-8-19-4/h9,14-15H,5-8,10H2,1-4H3. The molecule has 21 heavy (non-hydrogen) atoms. The van der Waals surface area contributed by atoms with Crippen molar-refractivity contribution in [1.29, 1.82) is 0 Å². The van der Waals surface area contributed by atoms with Gasteiger partial charge in [-0.2, -0.15) is 0 Å². The van der Waals surface area contributed by atoms with Gasteiger partial charge in [-0.3, -0.25) is 0 Å². The lowest BCUT2D eigenvalue weighted by Crippen LogP contribution is -2.34. The van der Waals surface area contributed by atoms with Gasteiger partial charge in [0.2, 0.25) is 10.0 Å². The molecule has 7 nitrogen and oxygen atoms in total. The van der Waals surface area contributed by atoms with E-state index >= 15 is 0 Å². The fraction of sp³-hybridized carbons (Fsp3) is 0.692. The van der Waals surface area contributed by atoms with Gasteiger partial charge < -0.3 is 19.4 Å². The van der Waals surface area contributed by atoms with Crippen molar-refractivity contribution in [2.75, 3.05) is 47.4 Å². The first-order valence-corrected chi connectivity index (χ1v) is 8.30. The Morgan fingerprint density at radius 3 is 2.71 bits per heavy atom. The second-order valence-corrected chi connectivity index (χ2v) is 6.59. The molecule has 0 radical (unpaired) electrons. The number of aryl methyl sites for hydroxylation is 1. The highest BCUT2D eigenvalue weighted by atomic mass is 32.2. The molecule has 0 aliphatic heterocycles. The highest BCUT2D eigenvalue weighted by Crippen LogP contribution is 2.19. The van der Waals surface area contributed by atoms with Crippen molar-refractivity contribution in [1.82, 2.24) is 14.9 Å². The summed E-state index contributed by atoms with van der Waals surface area (Å²) < 4.78 is 37.4. The monoisotopic (exact) mass is 319 g/mol. The van der Waals surface area contributed by atoms with Crippen LogP contribution in [0, 0.1) is 6.92 Å². The molecule has 0 aromatic carbocycles. The second-order valence-electron chi connectivity index (χ2n) is 4.86. The molecule has 1 aromatic rings. The molecule has 1 aromatic heterocycles. The number of sulfonamides is 1. The smallest absolute Gasteiger partial charge is 0.244 e. The first-order chi connectivity index (χ1) is 9.90. The molecule has 0 aliphatic carbocycles. The van der Waals surface area contributed by atoms with E-state index in [1.165, 1.54) is 0 Å². The van der Waals surface area contributed by atoms with E-state index in [9.17, 15) is 8.42 Å². The highest BCUT2D eigenvalue weighted by Gasteiger charge is 2.20. The molecule has 0 unspecified atom stereocenters. The Bertz CT molecular complexity index is 528. The molecular formula is C13H25N3O4S. The second kappa shape index (κ2) is 8.50. The fourth-order valence-electron chi connectivity index (χ4n) is 1.86. The van der Waals surface area contributed by atoms with Gasteiger partial charge in [-0.25, -0.2) is 13.1 Å². The minimum Gasteiger partial charge on any atom is -0.464 e. The van der Waals surface area contributed by atoms with Crippen LogP contribution < -0.4 is 10.0 Å². The van der Waals surface area contributed by atoms with Crippen LogP contribution in [0.15, 0.2) is 15.4 Å². The molecule has 0 spiro atoms. The molecule has 122 valence electrons. The summed E-state index contributed by atoms with van der Waals surface area (Å²) in [4.78, 5) is 2.20. The molecule has 1 rings (SSSR count). The summed E-state index contributed by atoms with van der Waals surface area (Å²) in [7, 11) is 1.80. The number of likely N-dealkylation sites (N-methyl/N-ethyl adjacent to an activating group) is 1. The van der Waals surface area contributed by atoms with Gasteiger partial charge in [0.1, 0.15) is 16.4 Å². The van der Waals surface area contributed by atoms with E-state index in [1.54, 1.807) is 27.1 Å². The molecule has 0 atom stereocenters. The van der Waals surface area contributed by atoms with Crippen LogP contribution in [0.1, 0.15) is 11.5 Å². The number of hydrogen-bond donors (Lipinski definition) is 2. The van der Waals surface area contributed by atoms with E-state index in [2.05, 4.69) is 10.0 Å². The third-order valence-corrected chi connectivity index (χ3v) is 4.60. The lowest BCUT2D eigenvalue weighted by Gasteiger charge is -2.16. The van der Waals surface area contributed by atoms with Crippen LogP contribution in [0.4, 0.5) is 0 Å². The maximum absolute atomic E-state index is 12.2. The van der Waals surface area contributed by atoms with Crippen LogP contribution in [0.5, 0.6) is 0 Å². The Balaban J connectivity index is 2.57. The van der Waals surface area contributed by atoms with Crippen molar-refractivity contribution in [2.45, 2.75) is 18.4 Å². The summed E-state index contributed by atoms with van der Waals surface area (Å²) in [5, 5.41) is 2.93. The molecular weight excluding hydrogens is 294 g/mol. The summed E-state index contributed by atoms with van der Waals surface area (Å²) in [5.41, 5.74) is 0. The predicted octanol–water partition coefficient (Wildman–Crippen LogP) is 0.164. The Labute approximate surface area is 126 Å². The Hall–Kier alpha value is -0.930. The van der Waals surface area contributed by atoms with Crippen molar-refractivity contribution in [2.24, 2.45) is 0 Å². The molecule has 0 bridgehead atoms. The van der Waals surface area contributed by atoms with Gasteiger partial charge in [-0.05, 0) is 21.0 Å².